The van der Waals surface area contributed by atoms with Crippen LogP contribution in [0.25, 0.3) is 10.9 Å². The van der Waals surface area contributed by atoms with Crippen LogP contribution in [0.5, 0.6) is 0 Å². The van der Waals surface area contributed by atoms with Crippen LogP contribution >= 0.6 is 0 Å². The Bertz CT molecular complexity index is 982. The second-order valence-electron chi connectivity index (χ2n) is 11.3. The molecule has 0 saturated carbocycles. The van der Waals surface area contributed by atoms with Gasteiger partial charge in [-0.15, -0.1) is 0 Å². The molecule has 1 amide bonds. The van der Waals surface area contributed by atoms with Gasteiger partial charge in [-0.3, -0.25) is 0 Å². The maximum absolute atomic E-state index is 12.4. The zero-order valence-electron chi connectivity index (χ0n) is 21.1. The number of nitrogens with one attached hydrogen (secondary N) is 1. The number of piperidine rings is 1. The number of anilines is 1. The molecule has 7 nitrogen and oxygen atoms in total. The quantitative estimate of drug-likeness (QED) is 0.644. The van der Waals surface area contributed by atoms with Gasteiger partial charge in [0.25, 0.3) is 0 Å². The van der Waals surface area contributed by atoms with Gasteiger partial charge in [-0.1, -0.05) is 37.8 Å². The summed E-state index contributed by atoms with van der Waals surface area (Å²) in [6.45, 7) is 14.8. The largest absolute Gasteiger partial charge is 0.444 e. The zero-order valence-corrected chi connectivity index (χ0v) is 21.1. The van der Waals surface area contributed by atoms with Crippen LogP contribution in [0.1, 0.15) is 61.3 Å². The van der Waals surface area contributed by atoms with Gasteiger partial charge in [0.15, 0.2) is 7.28 Å². The summed E-state index contributed by atoms with van der Waals surface area (Å²) < 4.78 is 5.51. The number of aliphatic hydroxyl groups is 1. The van der Waals surface area contributed by atoms with Crippen LogP contribution in [0.3, 0.4) is 0 Å². The molecule has 1 radical (unpaired) electrons. The number of aromatic nitrogens is 2. The molecular formula is C25H38BN4O3. The van der Waals surface area contributed by atoms with Gasteiger partial charge < -0.3 is 20.1 Å². The Morgan fingerprint density at radius 3 is 2.64 bits per heavy atom. The molecule has 1 unspecified atom stereocenters. The predicted octanol–water partition coefficient (Wildman–Crippen LogP) is 3.99. The molecule has 2 aromatic rings. The molecule has 1 aliphatic heterocycles. The molecule has 1 fully saturated rings. The number of benzene rings is 1. The second-order valence-corrected chi connectivity index (χ2v) is 11.3. The number of amides is 1. The maximum atomic E-state index is 12.4. The third-order valence-electron chi connectivity index (χ3n) is 6.51. The third kappa shape index (κ3) is 6.82. The summed E-state index contributed by atoms with van der Waals surface area (Å²) in [5.74, 6) is 0.568. The zero-order chi connectivity index (χ0) is 24.4. The van der Waals surface area contributed by atoms with E-state index in [0.29, 0.717) is 19.0 Å². The summed E-state index contributed by atoms with van der Waals surface area (Å²) >= 11 is 0. The number of fused-ring (bicyclic) bond motifs is 1. The average Bonchev–Trinajstić information content (AvgIpc) is 2.70. The van der Waals surface area contributed by atoms with E-state index in [4.69, 9.17) is 4.74 Å². The summed E-state index contributed by atoms with van der Waals surface area (Å²) in [5.41, 5.74) is 0.455. The minimum Gasteiger partial charge on any atom is -0.444 e. The van der Waals surface area contributed by atoms with Gasteiger partial charge in [-0.05, 0) is 58.9 Å². The van der Waals surface area contributed by atoms with Crippen LogP contribution in [-0.4, -0.2) is 63.7 Å². The molecule has 0 aliphatic carbocycles. The number of carbonyl (C=O) groups excluding carboxylic acids is 1. The van der Waals surface area contributed by atoms with Crippen molar-refractivity contribution in [1.29, 1.82) is 0 Å². The minimum absolute atomic E-state index is 0.0837. The van der Waals surface area contributed by atoms with Crippen molar-refractivity contribution in [1.82, 2.24) is 14.9 Å². The van der Waals surface area contributed by atoms with Crippen molar-refractivity contribution in [3.63, 3.8) is 0 Å². The monoisotopic (exact) mass is 453 g/mol. The van der Waals surface area contributed by atoms with E-state index in [1.54, 1.807) is 4.90 Å². The number of likely N-dealkylation sites (tertiary alicyclic amines) is 1. The van der Waals surface area contributed by atoms with Gasteiger partial charge in [0.05, 0.1) is 11.1 Å². The van der Waals surface area contributed by atoms with Gasteiger partial charge in [0, 0.05) is 30.7 Å². The minimum atomic E-state index is -0.762. The summed E-state index contributed by atoms with van der Waals surface area (Å²) in [5, 5.41) is 14.7. The van der Waals surface area contributed by atoms with Crippen LogP contribution in [-0.2, 0) is 4.74 Å². The number of hydrogen-bond acceptors (Lipinski definition) is 6. The van der Waals surface area contributed by atoms with Crippen molar-refractivity contribution in [3.8, 4) is 0 Å². The van der Waals surface area contributed by atoms with E-state index in [-0.39, 0.29) is 17.6 Å². The Morgan fingerprint density at radius 2 is 1.97 bits per heavy atom. The van der Waals surface area contributed by atoms with Gasteiger partial charge in [-0.25, -0.2) is 14.8 Å². The molecule has 1 saturated heterocycles. The van der Waals surface area contributed by atoms with Crippen LogP contribution < -0.4 is 10.8 Å². The standard InChI is InChI=1S/C25H38BN4O3/c1-23(2,3)33-22(31)30-12-8-9-19(15-30)28-21-27-14-17-13-18(10-11-20(17)29-21)26-16-24(4,5)25(6,7)32/h10-11,13-14,19,32H,8-9,12,15-16H2,1-7H3,(H,27,28,29). The molecule has 0 spiro atoms. The molecule has 3 rings (SSSR count). The SMILES string of the molecule is CC(C)(C)OC(=O)N1CCCC(Nc2ncc3cc([B]CC(C)(C)C(C)(C)O)ccc3n2)C1. The van der Waals surface area contributed by atoms with E-state index in [1.165, 1.54) is 0 Å². The lowest BCUT2D eigenvalue weighted by molar-refractivity contribution is -0.0236. The number of nitrogens with zero attached hydrogens (tertiary/aromatic N) is 3. The van der Waals surface area contributed by atoms with Crippen molar-refractivity contribution in [3.05, 3.63) is 24.4 Å². The molecular weight excluding hydrogens is 415 g/mol. The van der Waals surface area contributed by atoms with E-state index in [0.717, 1.165) is 35.5 Å². The van der Waals surface area contributed by atoms with Gasteiger partial charge in [0.1, 0.15) is 5.60 Å². The fraction of sp³-hybridized carbons (Fsp3) is 0.640. The summed E-state index contributed by atoms with van der Waals surface area (Å²) in [6.07, 6.45) is 4.18. The first kappa shape index (κ1) is 25.3. The Labute approximate surface area is 198 Å². The van der Waals surface area contributed by atoms with Gasteiger partial charge in [-0.2, -0.15) is 0 Å². The molecule has 0 bridgehead atoms. The first-order chi connectivity index (χ1) is 15.2. The van der Waals surface area contributed by atoms with Crippen LogP contribution in [0, 0.1) is 5.41 Å². The summed E-state index contributed by atoms with van der Waals surface area (Å²) in [6, 6.07) is 6.20. The topological polar surface area (TPSA) is 87.6 Å². The molecule has 33 heavy (non-hydrogen) atoms. The maximum Gasteiger partial charge on any atom is 0.410 e. The molecule has 2 N–H and O–H groups in total. The van der Waals surface area contributed by atoms with Gasteiger partial charge >= 0.3 is 6.09 Å². The van der Waals surface area contributed by atoms with Crippen molar-refractivity contribution < 1.29 is 14.6 Å². The van der Waals surface area contributed by atoms with E-state index < -0.39 is 11.2 Å². The lowest BCUT2D eigenvalue weighted by Crippen LogP contribution is -2.47. The Balaban J connectivity index is 1.63. The number of hydrogen-bond donors (Lipinski definition) is 2. The molecule has 1 aromatic carbocycles. The fourth-order valence-corrected chi connectivity index (χ4v) is 3.64. The normalized spacial score (nSPS) is 17.7. The van der Waals surface area contributed by atoms with E-state index in [9.17, 15) is 9.90 Å². The first-order valence-electron chi connectivity index (χ1n) is 11.8. The predicted molar refractivity (Wildman–Crippen MR) is 134 cm³/mol. The summed E-state index contributed by atoms with van der Waals surface area (Å²) in [4.78, 5) is 23.4. The molecule has 1 aliphatic rings. The lowest BCUT2D eigenvalue weighted by atomic mass is 9.56. The van der Waals surface area contributed by atoms with Crippen LogP contribution in [0.2, 0.25) is 6.32 Å². The Morgan fingerprint density at radius 1 is 1.24 bits per heavy atom. The van der Waals surface area contributed by atoms with Crippen molar-refractivity contribution in [2.75, 3.05) is 18.4 Å². The number of carbonyl (C=O) groups is 1. The molecule has 1 aromatic heterocycles. The molecule has 179 valence electrons. The van der Waals surface area contributed by atoms with Crippen molar-refractivity contribution in [2.24, 2.45) is 5.41 Å². The third-order valence-corrected chi connectivity index (χ3v) is 6.51. The first-order valence-corrected chi connectivity index (χ1v) is 11.8. The van der Waals surface area contributed by atoms with Crippen LogP contribution in [0.4, 0.5) is 10.7 Å². The van der Waals surface area contributed by atoms with Crippen LogP contribution in [0.15, 0.2) is 24.4 Å². The van der Waals surface area contributed by atoms with Gasteiger partial charge in [0.2, 0.25) is 5.95 Å². The molecule has 8 heteroatoms. The van der Waals surface area contributed by atoms with E-state index in [2.05, 4.69) is 42.5 Å². The summed E-state index contributed by atoms with van der Waals surface area (Å²) in [7, 11) is 2.15. The number of ether oxygens (including phenoxy) is 1. The highest BCUT2D eigenvalue weighted by atomic mass is 16.6. The average molecular weight is 453 g/mol. The Kier molecular flexibility index (Phi) is 7.27. The molecule has 2 heterocycles. The molecule has 1 atom stereocenters. The number of rotatable bonds is 6. The van der Waals surface area contributed by atoms with E-state index in [1.807, 2.05) is 52.9 Å². The second kappa shape index (κ2) is 9.49. The lowest BCUT2D eigenvalue weighted by Gasteiger charge is -2.37. The fourth-order valence-electron chi connectivity index (χ4n) is 3.64. The smallest absolute Gasteiger partial charge is 0.410 e. The Hall–Kier alpha value is -2.35. The van der Waals surface area contributed by atoms with Crippen molar-refractivity contribution in [2.45, 2.75) is 84.9 Å². The highest BCUT2D eigenvalue weighted by Crippen LogP contribution is 2.34. The van der Waals surface area contributed by atoms with E-state index >= 15 is 0 Å². The highest BCUT2D eigenvalue weighted by Gasteiger charge is 2.34. The van der Waals surface area contributed by atoms with Crippen molar-refractivity contribution >= 4 is 35.7 Å². The highest BCUT2D eigenvalue weighted by molar-refractivity contribution is 6.53.